The van der Waals surface area contributed by atoms with Crippen molar-refractivity contribution in [1.82, 2.24) is 30.5 Å². The molecule has 0 saturated carbocycles. The van der Waals surface area contributed by atoms with Crippen molar-refractivity contribution in [3.8, 4) is 5.69 Å². The van der Waals surface area contributed by atoms with E-state index in [1.165, 1.54) is 4.68 Å². The van der Waals surface area contributed by atoms with E-state index in [9.17, 15) is 4.79 Å². The Balaban J connectivity index is 1.83. The van der Waals surface area contributed by atoms with Crippen LogP contribution in [0.2, 0.25) is 0 Å². The molecule has 7 heteroatoms. The highest BCUT2D eigenvalue weighted by atomic mass is 16.1. The van der Waals surface area contributed by atoms with Gasteiger partial charge in [-0.3, -0.25) is 9.78 Å². The minimum atomic E-state index is -0.198. The molecule has 2 heterocycles. The molecule has 7 nitrogen and oxygen atoms in total. The average Bonchev–Trinajstić information content (AvgIpc) is 2.99. The molecule has 0 aliphatic heterocycles. The van der Waals surface area contributed by atoms with E-state index in [0.717, 1.165) is 5.69 Å². The average molecular weight is 294 g/mol. The summed E-state index contributed by atoms with van der Waals surface area (Å²) in [7, 11) is 0. The molecule has 3 rings (SSSR count). The van der Waals surface area contributed by atoms with E-state index in [-0.39, 0.29) is 5.91 Å². The highest BCUT2D eigenvalue weighted by Gasteiger charge is 2.14. The largest absolute Gasteiger partial charge is 0.346 e. The summed E-state index contributed by atoms with van der Waals surface area (Å²) in [5, 5.41) is 14.2. The molecule has 3 aromatic rings. The lowest BCUT2D eigenvalue weighted by atomic mass is 10.1. The first-order valence-electron chi connectivity index (χ1n) is 6.78. The van der Waals surface area contributed by atoms with Gasteiger partial charge in [-0.05, 0) is 41.6 Å². The summed E-state index contributed by atoms with van der Waals surface area (Å²) in [6.45, 7) is 2.14. The van der Waals surface area contributed by atoms with Crippen LogP contribution in [0.15, 0.2) is 48.7 Å². The van der Waals surface area contributed by atoms with E-state index in [2.05, 4.69) is 25.8 Å². The molecule has 0 radical (unpaired) electrons. The third kappa shape index (κ3) is 2.83. The number of para-hydroxylation sites is 1. The van der Waals surface area contributed by atoms with Crippen LogP contribution in [0.3, 0.4) is 0 Å². The highest BCUT2D eigenvalue weighted by Crippen LogP contribution is 2.14. The number of nitrogens with zero attached hydrogens (tertiary/aromatic N) is 5. The molecule has 0 fully saturated rings. The molecule has 110 valence electrons. The minimum absolute atomic E-state index is 0.198. The maximum atomic E-state index is 12.4. The molecule has 0 aliphatic rings. The number of amides is 1. The van der Waals surface area contributed by atoms with Crippen LogP contribution in [-0.4, -0.2) is 31.1 Å². The summed E-state index contributed by atoms with van der Waals surface area (Å²) in [4.78, 5) is 16.6. The van der Waals surface area contributed by atoms with E-state index >= 15 is 0 Å². The Kier molecular flexibility index (Phi) is 3.86. The van der Waals surface area contributed by atoms with Gasteiger partial charge in [-0.15, -0.1) is 5.10 Å². The number of carbonyl (C=O) groups excluding carboxylic acids is 1. The van der Waals surface area contributed by atoms with Crippen LogP contribution < -0.4 is 5.32 Å². The zero-order valence-corrected chi connectivity index (χ0v) is 12.0. The second-order valence-corrected chi connectivity index (χ2v) is 4.66. The molecule has 1 aromatic carbocycles. The van der Waals surface area contributed by atoms with Gasteiger partial charge in [0.2, 0.25) is 0 Å². The molecule has 1 N–H and O–H groups in total. The maximum Gasteiger partial charge on any atom is 0.253 e. The van der Waals surface area contributed by atoms with Gasteiger partial charge in [0.15, 0.2) is 5.82 Å². The predicted molar refractivity (Wildman–Crippen MR) is 79.3 cm³/mol. The van der Waals surface area contributed by atoms with Crippen molar-refractivity contribution in [3.63, 3.8) is 0 Å². The Morgan fingerprint density at radius 2 is 2.00 bits per heavy atom. The fourth-order valence-corrected chi connectivity index (χ4v) is 2.07. The van der Waals surface area contributed by atoms with Gasteiger partial charge in [0, 0.05) is 6.20 Å². The predicted octanol–water partition coefficient (Wildman–Crippen LogP) is 1.30. The fraction of sp³-hybridized carbons (Fsp3) is 0.133. The zero-order valence-electron chi connectivity index (χ0n) is 12.0. The Morgan fingerprint density at radius 3 is 2.73 bits per heavy atom. The van der Waals surface area contributed by atoms with Crippen molar-refractivity contribution < 1.29 is 4.79 Å². The van der Waals surface area contributed by atoms with Gasteiger partial charge < -0.3 is 5.32 Å². The van der Waals surface area contributed by atoms with Crippen LogP contribution in [0.5, 0.6) is 0 Å². The molecule has 22 heavy (non-hydrogen) atoms. The maximum absolute atomic E-state index is 12.4. The zero-order chi connectivity index (χ0) is 15.4. The number of carbonyl (C=O) groups is 1. The Hall–Kier alpha value is -3.09. The number of rotatable bonds is 4. The van der Waals surface area contributed by atoms with E-state index in [4.69, 9.17) is 0 Å². The van der Waals surface area contributed by atoms with Crippen molar-refractivity contribution in [3.05, 3.63) is 65.7 Å². The molecule has 0 bridgehead atoms. The SMILES string of the molecule is Cc1nnnn1-c1ccccc1C(=O)NCc1ccccn1. The van der Waals surface area contributed by atoms with Crippen LogP contribution in [0.25, 0.3) is 5.69 Å². The summed E-state index contributed by atoms with van der Waals surface area (Å²) in [6, 6.07) is 12.8. The number of aryl methyl sites for hydroxylation is 1. The number of pyridine rings is 1. The third-order valence-corrected chi connectivity index (χ3v) is 3.16. The number of hydrogen-bond donors (Lipinski definition) is 1. The minimum Gasteiger partial charge on any atom is -0.346 e. The molecular formula is C15H14N6O. The molecule has 0 atom stereocenters. The van der Waals surface area contributed by atoms with Crippen molar-refractivity contribution in [2.45, 2.75) is 13.5 Å². The van der Waals surface area contributed by atoms with E-state index < -0.39 is 0 Å². The topological polar surface area (TPSA) is 85.6 Å². The summed E-state index contributed by atoms with van der Waals surface area (Å²) in [5.41, 5.74) is 1.95. The van der Waals surface area contributed by atoms with Gasteiger partial charge in [0.25, 0.3) is 5.91 Å². The first-order valence-corrected chi connectivity index (χ1v) is 6.78. The summed E-state index contributed by atoms with van der Waals surface area (Å²) < 4.78 is 1.54. The third-order valence-electron chi connectivity index (χ3n) is 3.16. The number of aromatic nitrogens is 5. The number of nitrogens with one attached hydrogen (secondary N) is 1. The lowest BCUT2D eigenvalue weighted by Gasteiger charge is -2.10. The normalized spacial score (nSPS) is 10.4. The van der Waals surface area contributed by atoms with Crippen molar-refractivity contribution in [1.29, 1.82) is 0 Å². The molecule has 0 spiro atoms. The van der Waals surface area contributed by atoms with E-state index in [1.807, 2.05) is 24.3 Å². The molecule has 2 aromatic heterocycles. The van der Waals surface area contributed by atoms with Crippen LogP contribution >= 0.6 is 0 Å². The van der Waals surface area contributed by atoms with Gasteiger partial charge in [0.1, 0.15) is 0 Å². The van der Waals surface area contributed by atoms with E-state index in [1.54, 1.807) is 31.3 Å². The van der Waals surface area contributed by atoms with Crippen LogP contribution in [-0.2, 0) is 6.54 Å². The number of hydrogen-bond acceptors (Lipinski definition) is 5. The molecular weight excluding hydrogens is 280 g/mol. The summed E-state index contributed by atoms with van der Waals surface area (Å²) in [6.07, 6.45) is 1.69. The monoisotopic (exact) mass is 294 g/mol. The first-order chi connectivity index (χ1) is 10.8. The lowest BCUT2D eigenvalue weighted by Crippen LogP contribution is -2.25. The number of benzene rings is 1. The van der Waals surface area contributed by atoms with Crippen LogP contribution in [0.1, 0.15) is 21.9 Å². The summed E-state index contributed by atoms with van der Waals surface area (Å²) in [5.74, 6) is 0.418. The quantitative estimate of drug-likeness (QED) is 0.783. The van der Waals surface area contributed by atoms with Crippen LogP contribution in [0.4, 0.5) is 0 Å². The molecule has 1 amide bonds. The second kappa shape index (κ2) is 6.13. The van der Waals surface area contributed by atoms with Gasteiger partial charge >= 0.3 is 0 Å². The Bertz CT molecular complexity index is 783. The second-order valence-electron chi connectivity index (χ2n) is 4.66. The highest BCUT2D eigenvalue weighted by molar-refractivity contribution is 5.97. The van der Waals surface area contributed by atoms with Crippen LogP contribution in [0, 0.1) is 6.92 Å². The van der Waals surface area contributed by atoms with Crippen molar-refractivity contribution in [2.24, 2.45) is 0 Å². The van der Waals surface area contributed by atoms with Crippen molar-refractivity contribution >= 4 is 5.91 Å². The Morgan fingerprint density at radius 1 is 1.18 bits per heavy atom. The molecule has 0 saturated heterocycles. The fourth-order valence-electron chi connectivity index (χ4n) is 2.07. The molecule has 0 aliphatic carbocycles. The smallest absolute Gasteiger partial charge is 0.253 e. The number of tetrazole rings is 1. The van der Waals surface area contributed by atoms with Gasteiger partial charge in [-0.25, -0.2) is 0 Å². The first kappa shape index (κ1) is 13.9. The molecule has 0 unspecified atom stereocenters. The Labute approximate surface area is 127 Å². The van der Waals surface area contributed by atoms with E-state index in [0.29, 0.717) is 23.6 Å². The van der Waals surface area contributed by atoms with Crippen molar-refractivity contribution in [2.75, 3.05) is 0 Å². The van der Waals surface area contributed by atoms with Gasteiger partial charge in [-0.2, -0.15) is 4.68 Å². The van der Waals surface area contributed by atoms with Gasteiger partial charge in [0.05, 0.1) is 23.5 Å². The standard InChI is InChI=1S/C15H14N6O/c1-11-18-19-20-21(11)14-8-3-2-7-13(14)15(22)17-10-12-6-4-5-9-16-12/h2-9H,10H2,1H3,(H,17,22). The summed E-state index contributed by atoms with van der Waals surface area (Å²) >= 11 is 0. The van der Waals surface area contributed by atoms with Gasteiger partial charge in [-0.1, -0.05) is 18.2 Å². The lowest BCUT2D eigenvalue weighted by molar-refractivity contribution is 0.0950.